The first kappa shape index (κ1) is 20.5. The van der Waals surface area contributed by atoms with Crippen molar-refractivity contribution in [2.75, 3.05) is 0 Å². The Kier molecular flexibility index (Phi) is 5.84. The van der Waals surface area contributed by atoms with Crippen molar-refractivity contribution in [2.24, 2.45) is 0 Å². The van der Waals surface area contributed by atoms with Crippen LogP contribution in [0.15, 0.2) is 30.5 Å². The van der Waals surface area contributed by atoms with Gasteiger partial charge in [0.15, 0.2) is 5.65 Å². The lowest BCUT2D eigenvalue weighted by atomic mass is 10.1. The second-order valence-electron chi connectivity index (χ2n) is 6.44. The summed E-state index contributed by atoms with van der Waals surface area (Å²) in [6.07, 6.45) is -0.443. The first-order valence-corrected chi connectivity index (χ1v) is 9.58. The Bertz CT molecular complexity index is 981. The fraction of sp³-hybridized carbons (Fsp3) is 0.400. The van der Waals surface area contributed by atoms with E-state index in [0.717, 1.165) is 42.4 Å². The van der Waals surface area contributed by atoms with Gasteiger partial charge in [-0.2, -0.15) is 0 Å². The molecule has 0 N–H and O–H groups in total. The number of aryl methyl sites for hydroxylation is 1. The Morgan fingerprint density at radius 2 is 1.82 bits per heavy atom. The van der Waals surface area contributed by atoms with Crippen LogP contribution in [0.4, 0.5) is 13.2 Å². The number of pyridine rings is 1. The van der Waals surface area contributed by atoms with Gasteiger partial charge < -0.3 is 9.30 Å². The average molecular weight is 412 g/mol. The van der Waals surface area contributed by atoms with E-state index >= 15 is 0 Å². The topological polar surface area (TPSA) is 39.9 Å². The van der Waals surface area contributed by atoms with Crippen molar-refractivity contribution in [1.82, 2.24) is 14.5 Å². The molecule has 0 atom stereocenters. The van der Waals surface area contributed by atoms with Gasteiger partial charge in [-0.05, 0) is 37.1 Å². The number of hydrogen-bond donors (Lipinski definition) is 0. The zero-order chi connectivity index (χ0) is 20.5. The molecule has 2 heterocycles. The predicted molar refractivity (Wildman–Crippen MR) is 104 cm³/mol. The SMILES string of the molecule is CCc1nc2c(-c3ccc(OC(F)(F)F)cc3Cl)ccnc2n1C(CC)CC. The maximum absolute atomic E-state index is 12.4. The van der Waals surface area contributed by atoms with Gasteiger partial charge in [0.1, 0.15) is 17.1 Å². The highest BCUT2D eigenvalue weighted by Crippen LogP contribution is 2.37. The van der Waals surface area contributed by atoms with Gasteiger partial charge in [0.25, 0.3) is 0 Å². The molecule has 28 heavy (non-hydrogen) atoms. The number of hydrogen-bond acceptors (Lipinski definition) is 3. The van der Waals surface area contributed by atoms with Gasteiger partial charge in [-0.15, -0.1) is 13.2 Å². The number of nitrogens with zero attached hydrogens (tertiary/aromatic N) is 3. The van der Waals surface area contributed by atoms with E-state index in [-0.39, 0.29) is 16.8 Å². The highest BCUT2D eigenvalue weighted by atomic mass is 35.5. The van der Waals surface area contributed by atoms with E-state index in [1.807, 2.05) is 6.92 Å². The van der Waals surface area contributed by atoms with E-state index < -0.39 is 6.36 Å². The van der Waals surface area contributed by atoms with Crippen molar-refractivity contribution >= 4 is 22.8 Å². The Hall–Kier alpha value is -2.28. The highest BCUT2D eigenvalue weighted by Gasteiger charge is 2.31. The molecule has 150 valence electrons. The first-order valence-electron chi connectivity index (χ1n) is 9.20. The third kappa shape index (κ3) is 3.94. The quantitative estimate of drug-likeness (QED) is 0.460. The monoisotopic (exact) mass is 411 g/mol. The summed E-state index contributed by atoms with van der Waals surface area (Å²) < 4.78 is 43.4. The molecule has 1 aromatic carbocycles. The van der Waals surface area contributed by atoms with Crippen LogP contribution >= 0.6 is 11.6 Å². The highest BCUT2D eigenvalue weighted by molar-refractivity contribution is 6.33. The maximum atomic E-state index is 12.4. The van der Waals surface area contributed by atoms with Crippen LogP contribution < -0.4 is 4.74 Å². The fourth-order valence-electron chi connectivity index (χ4n) is 3.45. The van der Waals surface area contributed by atoms with E-state index in [1.165, 1.54) is 12.1 Å². The van der Waals surface area contributed by atoms with Crippen molar-refractivity contribution in [3.05, 3.63) is 41.3 Å². The molecule has 8 heteroatoms. The van der Waals surface area contributed by atoms with Crippen molar-refractivity contribution in [1.29, 1.82) is 0 Å². The Labute approximate surface area is 166 Å². The van der Waals surface area contributed by atoms with Gasteiger partial charge in [-0.25, -0.2) is 9.97 Å². The Balaban J connectivity index is 2.14. The number of rotatable bonds is 6. The average Bonchev–Trinajstić information content (AvgIpc) is 3.01. The van der Waals surface area contributed by atoms with Gasteiger partial charge in [-0.3, -0.25) is 0 Å². The lowest BCUT2D eigenvalue weighted by Gasteiger charge is -2.17. The zero-order valence-electron chi connectivity index (χ0n) is 15.8. The maximum Gasteiger partial charge on any atom is 0.573 e. The van der Waals surface area contributed by atoms with Crippen LogP contribution in [-0.2, 0) is 6.42 Å². The van der Waals surface area contributed by atoms with Gasteiger partial charge in [0.2, 0.25) is 0 Å². The van der Waals surface area contributed by atoms with Crippen LogP contribution in [0.2, 0.25) is 5.02 Å². The van der Waals surface area contributed by atoms with Crippen LogP contribution in [-0.4, -0.2) is 20.9 Å². The zero-order valence-corrected chi connectivity index (χ0v) is 16.6. The molecule has 3 rings (SSSR count). The van der Waals surface area contributed by atoms with Gasteiger partial charge in [-0.1, -0.05) is 32.4 Å². The Morgan fingerprint density at radius 3 is 2.39 bits per heavy atom. The minimum atomic E-state index is -4.76. The number of aromatic nitrogens is 3. The van der Waals surface area contributed by atoms with Crippen molar-refractivity contribution in [3.8, 4) is 16.9 Å². The molecule has 0 saturated carbocycles. The standard InChI is InChI=1S/C20H21ClF3N3O/c1-4-12(5-2)27-17(6-3)26-18-15(9-10-25-19(18)27)14-8-7-13(11-16(14)21)28-20(22,23)24/h7-12H,4-6H2,1-3H3. The fourth-order valence-corrected chi connectivity index (χ4v) is 3.72. The third-order valence-corrected chi connectivity index (χ3v) is 5.05. The molecule has 0 unspecified atom stereocenters. The van der Waals surface area contributed by atoms with Crippen molar-refractivity contribution < 1.29 is 17.9 Å². The predicted octanol–water partition coefficient (Wildman–Crippen LogP) is 6.57. The van der Waals surface area contributed by atoms with Crippen LogP contribution in [0.1, 0.15) is 45.5 Å². The number of ether oxygens (including phenoxy) is 1. The molecular formula is C20H21ClF3N3O. The summed E-state index contributed by atoms with van der Waals surface area (Å²) in [6.45, 7) is 6.29. The Morgan fingerprint density at radius 1 is 1.11 bits per heavy atom. The van der Waals surface area contributed by atoms with E-state index in [0.29, 0.717) is 11.1 Å². The third-order valence-electron chi connectivity index (χ3n) is 4.74. The van der Waals surface area contributed by atoms with Crippen LogP contribution in [0.25, 0.3) is 22.3 Å². The normalized spacial score (nSPS) is 12.1. The number of benzene rings is 1. The van der Waals surface area contributed by atoms with Crippen molar-refractivity contribution in [2.45, 2.75) is 52.4 Å². The molecule has 0 aliphatic rings. The summed E-state index contributed by atoms with van der Waals surface area (Å²) in [7, 11) is 0. The van der Waals surface area contributed by atoms with Gasteiger partial charge in [0.05, 0.1) is 5.02 Å². The number of alkyl halides is 3. The van der Waals surface area contributed by atoms with E-state index in [2.05, 4.69) is 28.1 Å². The summed E-state index contributed by atoms with van der Waals surface area (Å²) >= 11 is 6.29. The summed E-state index contributed by atoms with van der Waals surface area (Å²) in [5.74, 6) is 0.570. The van der Waals surface area contributed by atoms with Crippen LogP contribution in [0.5, 0.6) is 5.75 Å². The lowest BCUT2D eigenvalue weighted by Crippen LogP contribution is -2.17. The van der Waals surface area contributed by atoms with Crippen LogP contribution in [0, 0.1) is 0 Å². The van der Waals surface area contributed by atoms with Gasteiger partial charge >= 0.3 is 6.36 Å². The molecular weight excluding hydrogens is 391 g/mol. The molecule has 0 radical (unpaired) electrons. The summed E-state index contributed by atoms with van der Waals surface area (Å²) in [5.41, 5.74) is 2.76. The van der Waals surface area contributed by atoms with E-state index in [9.17, 15) is 13.2 Å². The molecule has 0 fully saturated rings. The number of imidazole rings is 1. The first-order chi connectivity index (χ1) is 13.3. The van der Waals surface area contributed by atoms with Crippen LogP contribution in [0.3, 0.4) is 0 Å². The molecule has 0 aliphatic heterocycles. The molecule has 0 amide bonds. The smallest absolute Gasteiger partial charge is 0.406 e. The number of halogens is 4. The van der Waals surface area contributed by atoms with Crippen molar-refractivity contribution in [3.63, 3.8) is 0 Å². The summed E-state index contributed by atoms with van der Waals surface area (Å²) in [5, 5.41) is 0.157. The van der Waals surface area contributed by atoms with Gasteiger partial charge in [0, 0.05) is 29.8 Å². The molecule has 0 spiro atoms. The molecule has 0 aliphatic carbocycles. The largest absolute Gasteiger partial charge is 0.573 e. The summed E-state index contributed by atoms with van der Waals surface area (Å²) in [6, 6.07) is 5.98. The molecule has 4 nitrogen and oxygen atoms in total. The molecule has 3 aromatic rings. The second-order valence-corrected chi connectivity index (χ2v) is 6.85. The second kappa shape index (κ2) is 7.99. The van der Waals surface area contributed by atoms with E-state index in [1.54, 1.807) is 12.3 Å². The van der Waals surface area contributed by atoms with E-state index in [4.69, 9.17) is 16.6 Å². The lowest BCUT2D eigenvalue weighted by molar-refractivity contribution is -0.274. The summed E-state index contributed by atoms with van der Waals surface area (Å²) in [4.78, 5) is 9.31. The molecule has 0 saturated heterocycles. The number of fused-ring (bicyclic) bond motifs is 1. The minimum absolute atomic E-state index is 0.157. The molecule has 2 aromatic heterocycles. The molecule has 0 bridgehead atoms. The minimum Gasteiger partial charge on any atom is -0.406 e.